The summed E-state index contributed by atoms with van der Waals surface area (Å²) < 4.78 is 0.268. The number of thioether (sulfide) groups is 1. The summed E-state index contributed by atoms with van der Waals surface area (Å²) in [6.07, 6.45) is 5.86. The lowest BCUT2D eigenvalue weighted by Gasteiger charge is -2.12. The van der Waals surface area contributed by atoms with E-state index in [1.54, 1.807) is 0 Å². The molecule has 0 unspecified atom stereocenters. The normalized spacial score (nSPS) is 17.4. The predicted molar refractivity (Wildman–Crippen MR) is 60.8 cm³/mol. The molecule has 0 spiro atoms. The Morgan fingerprint density at radius 1 is 1.80 bits per heavy atom. The zero-order valence-electron chi connectivity index (χ0n) is 8.54. The van der Waals surface area contributed by atoms with Crippen molar-refractivity contribution in [3.63, 3.8) is 0 Å². The average Bonchev–Trinajstić information content (AvgIpc) is 2.91. The van der Waals surface area contributed by atoms with Gasteiger partial charge in [-0.1, -0.05) is 0 Å². The molecular formula is C9H14N4OS. The number of nitrogens with one attached hydrogen (secondary N) is 2. The van der Waals surface area contributed by atoms with Crippen molar-refractivity contribution in [2.24, 2.45) is 0 Å². The third-order valence-electron chi connectivity index (χ3n) is 2.71. The number of H-pyrrole nitrogens is 1. The first-order chi connectivity index (χ1) is 7.17. The second-order valence-corrected chi connectivity index (χ2v) is 5.04. The number of nitrogen functional groups attached to an aromatic ring is 1. The Morgan fingerprint density at radius 3 is 3.00 bits per heavy atom. The molecule has 0 aliphatic heterocycles. The van der Waals surface area contributed by atoms with Gasteiger partial charge in [-0.3, -0.25) is 9.89 Å². The first kappa shape index (κ1) is 10.4. The maximum Gasteiger partial charge on any atom is 0.271 e. The molecule has 1 aromatic heterocycles. The van der Waals surface area contributed by atoms with Crippen LogP contribution in [0.25, 0.3) is 0 Å². The lowest BCUT2D eigenvalue weighted by Crippen LogP contribution is -2.32. The number of rotatable bonds is 4. The summed E-state index contributed by atoms with van der Waals surface area (Å²) in [5.41, 5.74) is 6.31. The van der Waals surface area contributed by atoms with E-state index < -0.39 is 0 Å². The van der Waals surface area contributed by atoms with Crippen LogP contribution in [0.5, 0.6) is 0 Å². The van der Waals surface area contributed by atoms with Gasteiger partial charge in [-0.2, -0.15) is 16.9 Å². The molecule has 15 heavy (non-hydrogen) atoms. The number of anilines is 1. The summed E-state index contributed by atoms with van der Waals surface area (Å²) in [5, 5.41) is 9.16. The van der Waals surface area contributed by atoms with E-state index in [4.69, 9.17) is 5.73 Å². The number of hydrogen-bond acceptors (Lipinski definition) is 4. The van der Waals surface area contributed by atoms with Crippen molar-refractivity contribution < 1.29 is 4.79 Å². The van der Waals surface area contributed by atoms with Gasteiger partial charge in [0.1, 0.15) is 5.69 Å². The monoisotopic (exact) mass is 226 g/mol. The van der Waals surface area contributed by atoms with Gasteiger partial charge < -0.3 is 11.1 Å². The molecule has 0 aromatic carbocycles. The van der Waals surface area contributed by atoms with Gasteiger partial charge in [0.15, 0.2) is 0 Å². The molecule has 2 rings (SSSR count). The molecule has 82 valence electrons. The van der Waals surface area contributed by atoms with Crippen LogP contribution in [-0.2, 0) is 0 Å². The molecular weight excluding hydrogens is 212 g/mol. The SMILES string of the molecule is CSC1(CNC(=O)c2[nH]ncc2N)CC1. The van der Waals surface area contributed by atoms with Crippen LogP contribution in [0.15, 0.2) is 6.20 Å². The van der Waals surface area contributed by atoms with Gasteiger partial charge >= 0.3 is 0 Å². The quantitative estimate of drug-likeness (QED) is 0.702. The van der Waals surface area contributed by atoms with Crippen LogP contribution < -0.4 is 11.1 Å². The number of carbonyl (C=O) groups excluding carboxylic acids is 1. The van der Waals surface area contributed by atoms with Gasteiger partial charge in [0.25, 0.3) is 5.91 Å². The first-order valence-corrected chi connectivity index (χ1v) is 6.01. The molecule has 6 heteroatoms. The Morgan fingerprint density at radius 2 is 2.53 bits per heavy atom. The number of aromatic nitrogens is 2. The number of nitrogens with zero attached hydrogens (tertiary/aromatic N) is 1. The fourth-order valence-corrected chi connectivity index (χ4v) is 2.13. The summed E-state index contributed by atoms with van der Waals surface area (Å²) in [6.45, 7) is 0.700. The van der Waals surface area contributed by atoms with Crippen molar-refractivity contribution in [2.75, 3.05) is 18.5 Å². The zero-order valence-corrected chi connectivity index (χ0v) is 9.36. The van der Waals surface area contributed by atoms with Gasteiger partial charge in [-0.05, 0) is 19.1 Å². The highest BCUT2D eigenvalue weighted by Gasteiger charge is 2.42. The summed E-state index contributed by atoms with van der Waals surface area (Å²) in [4.78, 5) is 11.6. The van der Waals surface area contributed by atoms with E-state index in [0.717, 1.165) is 0 Å². The van der Waals surface area contributed by atoms with E-state index in [9.17, 15) is 4.79 Å². The lowest BCUT2D eigenvalue weighted by atomic mass is 10.3. The van der Waals surface area contributed by atoms with Crippen molar-refractivity contribution in [1.82, 2.24) is 15.5 Å². The van der Waals surface area contributed by atoms with Gasteiger partial charge in [-0.25, -0.2) is 0 Å². The summed E-state index contributed by atoms with van der Waals surface area (Å²) in [6, 6.07) is 0. The molecule has 1 aliphatic carbocycles. The average molecular weight is 226 g/mol. The molecule has 0 radical (unpaired) electrons. The molecule has 1 heterocycles. The second kappa shape index (κ2) is 3.77. The largest absolute Gasteiger partial charge is 0.396 e. The Balaban J connectivity index is 1.91. The highest BCUT2D eigenvalue weighted by molar-refractivity contribution is 8.00. The zero-order chi connectivity index (χ0) is 10.9. The summed E-state index contributed by atoms with van der Waals surface area (Å²) >= 11 is 1.81. The van der Waals surface area contributed by atoms with Crippen LogP contribution >= 0.6 is 11.8 Å². The van der Waals surface area contributed by atoms with Gasteiger partial charge in [0.2, 0.25) is 0 Å². The van der Waals surface area contributed by atoms with Crippen molar-refractivity contribution in [2.45, 2.75) is 17.6 Å². The van der Waals surface area contributed by atoms with E-state index in [1.165, 1.54) is 19.0 Å². The van der Waals surface area contributed by atoms with E-state index in [1.807, 2.05) is 11.8 Å². The molecule has 5 nitrogen and oxygen atoms in total. The third kappa shape index (κ3) is 2.09. The highest BCUT2D eigenvalue weighted by atomic mass is 32.2. The smallest absolute Gasteiger partial charge is 0.271 e. The van der Waals surface area contributed by atoms with Crippen molar-refractivity contribution in [1.29, 1.82) is 0 Å². The van der Waals surface area contributed by atoms with Gasteiger partial charge in [-0.15, -0.1) is 0 Å². The minimum Gasteiger partial charge on any atom is -0.396 e. The summed E-state index contributed by atoms with van der Waals surface area (Å²) in [7, 11) is 0. The number of hydrogen-bond donors (Lipinski definition) is 3. The van der Waals surface area contributed by atoms with Crippen LogP contribution in [0.4, 0.5) is 5.69 Å². The second-order valence-electron chi connectivity index (χ2n) is 3.77. The predicted octanol–water partition coefficient (Wildman–Crippen LogP) is 0.617. The Labute approximate surface area is 92.2 Å². The van der Waals surface area contributed by atoms with Crippen LogP contribution in [0.2, 0.25) is 0 Å². The Bertz CT molecular complexity index is 372. The molecule has 1 aliphatic rings. The van der Waals surface area contributed by atoms with Crippen LogP contribution in [0, 0.1) is 0 Å². The van der Waals surface area contributed by atoms with Crippen LogP contribution in [0.3, 0.4) is 0 Å². The number of amides is 1. The molecule has 0 atom stereocenters. The minimum absolute atomic E-state index is 0.176. The maximum absolute atomic E-state index is 11.6. The molecule has 0 bridgehead atoms. The molecule has 1 fully saturated rings. The van der Waals surface area contributed by atoms with E-state index in [-0.39, 0.29) is 10.7 Å². The lowest BCUT2D eigenvalue weighted by molar-refractivity contribution is 0.0949. The molecule has 1 amide bonds. The Kier molecular flexibility index (Phi) is 2.60. The van der Waals surface area contributed by atoms with E-state index in [2.05, 4.69) is 21.8 Å². The van der Waals surface area contributed by atoms with Crippen molar-refractivity contribution in [3.8, 4) is 0 Å². The number of nitrogens with two attached hydrogens (primary N) is 1. The van der Waals surface area contributed by atoms with E-state index >= 15 is 0 Å². The standard InChI is InChI=1S/C9H14N4OS/c1-15-9(2-3-9)5-11-8(14)7-6(10)4-12-13-7/h4H,2-3,5,10H2,1H3,(H,11,14)(H,12,13). The highest BCUT2D eigenvalue weighted by Crippen LogP contribution is 2.46. The van der Waals surface area contributed by atoms with Crippen LogP contribution in [0.1, 0.15) is 23.3 Å². The fraction of sp³-hybridized carbons (Fsp3) is 0.556. The summed E-state index contributed by atoms with van der Waals surface area (Å²) in [5.74, 6) is -0.176. The van der Waals surface area contributed by atoms with E-state index in [0.29, 0.717) is 17.9 Å². The van der Waals surface area contributed by atoms with Crippen LogP contribution in [-0.4, -0.2) is 33.7 Å². The molecule has 0 saturated heterocycles. The maximum atomic E-state index is 11.6. The fourth-order valence-electron chi connectivity index (χ4n) is 1.40. The molecule has 4 N–H and O–H groups in total. The molecule has 1 saturated carbocycles. The molecule has 1 aromatic rings. The first-order valence-electron chi connectivity index (χ1n) is 4.79. The van der Waals surface area contributed by atoms with Gasteiger partial charge in [0.05, 0.1) is 11.9 Å². The topological polar surface area (TPSA) is 83.8 Å². The van der Waals surface area contributed by atoms with Crippen molar-refractivity contribution >= 4 is 23.4 Å². The minimum atomic E-state index is -0.176. The van der Waals surface area contributed by atoms with Crippen molar-refractivity contribution in [3.05, 3.63) is 11.9 Å². The van der Waals surface area contributed by atoms with Gasteiger partial charge in [0, 0.05) is 11.3 Å². The Hall–Kier alpha value is -1.17. The number of aromatic amines is 1. The third-order valence-corrected chi connectivity index (χ3v) is 4.13. The number of carbonyl (C=O) groups is 1.